The second kappa shape index (κ2) is 5.72. The van der Waals surface area contributed by atoms with Crippen LogP contribution < -0.4 is 5.32 Å². The standard InChI is InChI=1S/C9H17NO3/c1-3-9(2,7-11)10-6-4-5-8(12)13/h4-5,10-11H,3,6-7H2,1-2H3,(H,12,13)/b5-4+. The van der Waals surface area contributed by atoms with Gasteiger partial charge in [0.15, 0.2) is 0 Å². The van der Waals surface area contributed by atoms with Gasteiger partial charge in [0.1, 0.15) is 0 Å². The molecule has 3 N–H and O–H groups in total. The summed E-state index contributed by atoms with van der Waals surface area (Å²) in [4.78, 5) is 10.1. The number of aliphatic hydroxyl groups excluding tert-OH is 1. The van der Waals surface area contributed by atoms with Crippen LogP contribution in [-0.4, -0.2) is 34.9 Å². The first-order valence-corrected chi connectivity index (χ1v) is 4.29. The first-order valence-electron chi connectivity index (χ1n) is 4.29. The summed E-state index contributed by atoms with van der Waals surface area (Å²) in [7, 11) is 0. The van der Waals surface area contributed by atoms with E-state index in [1.807, 2.05) is 13.8 Å². The van der Waals surface area contributed by atoms with Crippen molar-refractivity contribution in [2.45, 2.75) is 25.8 Å². The van der Waals surface area contributed by atoms with Crippen LogP contribution in [-0.2, 0) is 4.79 Å². The molecule has 0 radical (unpaired) electrons. The first-order chi connectivity index (χ1) is 6.04. The maximum atomic E-state index is 10.1. The second-order valence-electron chi connectivity index (χ2n) is 3.19. The van der Waals surface area contributed by atoms with Gasteiger partial charge in [0, 0.05) is 18.2 Å². The quantitative estimate of drug-likeness (QED) is 0.526. The number of aliphatic hydroxyl groups is 1. The molecule has 0 aliphatic rings. The molecule has 13 heavy (non-hydrogen) atoms. The summed E-state index contributed by atoms with van der Waals surface area (Å²) >= 11 is 0. The molecule has 0 amide bonds. The fourth-order valence-electron chi connectivity index (χ4n) is 0.758. The number of carboxylic acids is 1. The highest BCUT2D eigenvalue weighted by molar-refractivity contribution is 5.79. The van der Waals surface area contributed by atoms with Crippen LogP contribution in [0.4, 0.5) is 0 Å². The molecular weight excluding hydrogens is 170 g/mol. The third kappa shape index (κ3) is 5.38. The van der Waals surface area contributed by atoms with Crippen molar-refractivity contribution in [2.75, 3.05) is 13.2 Å². The molecule has 0 aliphatic heterocycles. The van der Waals surface area contributed by atoms with Gasteiger partial charge in [-0.05, 0) is 13.3 Å². The van der Waals surface area contributed by atoms with Gasteiger partial charge < -0.3 is 15.5 Å². The molecule has 76 valence electrons. The van der Waals surface area contributed by atoms with Gasteiger partial charge in [0.25, 0.3) is 0 Å². The fourth-order valence-corrected chi connectivity index (χ4v) is 0.758. The maximum absolute atomic E-state index is 10.1. The van der Waals surface area contributed by atoms with Gasteiger partial charge in [-0.1, -0.05) is 13.0 Å². The molecule has 1 unspecified atom stereocenters. The van der Waals surface area contributed by atoms with Crippen LogP contribution in [0.1, 0.15) is 20.3 Å². The van der Waals surface area contributed by atoms with E-state index in [1.165, 1.54) is 6.08 Å². The Morgan fingerprint density at radius 2 is 2.23 bits per heavy atom. The van der Waals surface area contributed by atoms with Crippen molar-refractivity contribution in [3.63, 3.8) is 0 Å². The molecule has 0 heterocycles. The van der Waals surface area contributed by atoms with Crippen molar-refractivity contribution in [1.82, 2.24) is 5.32 Å². The molecule has 4 nitrogen and oxygen atoms in total. The van der Waals surface area contributed by atoms with E-state index in [-0.39, 0.29) is 12.1 Å². The predicted molar refractivity (Wildman–Crippen MR) is 50.6 cm³/mol. The van der Waals surface area contributed by atoms with Crippen LogP contribution in [0.2, 0.25) is 0 Å². The Morgan fingerprint density at radius 3 is 2.62 bits per heavy atom. The number of carbonyl (C=O) groups is 1. The van der Waals surface area contributed by atoms with Gasteiger partial charge in [-0.25, -0.2) is 4.79 Å². The highest BCUT2D eigenvalue weighted by Gasteiger charge is 2.18. The van der Waals surface area contributed by atoms with Crippen molar-refractivity contribution in [3.8, 4) is 0 Å². The van der Waals surface area contributed by atoms with E-state index in [0.29, 0.717) is 6.54 Å². The summed E-state index contributed by atoms with van der Waals surface area (Å²) in [5.41, 5.74) is -0.317. The molecule has 1 atom stereocenters. The summed E-state index contributed by atoms with van der Waals surface area (Å²) in [6.45, 7) is 4.35. The molecule has 0 spiro atoms. The lowest BCUT2D eigenvalue weighted by atomic mass is 10.0. The SMILES string of the molecule is CCC(C)(CO)NC/C=C/C(=O)O. The minimum absolute atomic E-state index is 0.0460. The zero-order valence-corrected chi connectivity index (χ0v) is 8.08. The summed E-state index contributed by atoms with van der Waals surface area (Å²) in [6, 6.07) is 0. The average Bonchev–Trinajstić information content (AvgIpc) is 2.12. The lowest BCUT2D eigenvalue weighted by molar-refractivity contribution is -0.131. The fraction of sp³-hybridized carbons (Fsp3) is 0.667. The molecule has 0 saturated heterocycles. The van der Waals surface area contributed by atoms with E-state index in [2.05, 4.69) is 5.32 Å². The molecule has 0 fully saturated rings. The Hall–Kier alpha value is -0.870. The number of aliphatic carboxylic acids is 1. The van der Waals surface area contributed by atoms with Crippen molar-refractivity contribution >= 4 is 5.97 Å². The van der Waals surface area contributed by atoms with Crippen molar-refractivity contribution in [2.24, 2.45) is 0 Å². The van der Waals surface area contributed by atoms with Gasteiger partial charge in [-0.2, -0.15) is 0 Å². The van der Waals surface area contributed by atoms with Crippen LogP contribution in [0.3, 0.4) is 0 Å². The Morgan fingerprint density at radius 1 is 1.62 bits per heavy atom. The van der Waals surface area contributed by atoms with Crippen molar-refractivity contribution < 1.29 is 15.0 Å². The maximum Gasteiger partial charge on any atom is 0.328 e. The van der Waals surface area contributed by atoms with Crippen LogP contribution in [0, 0.1) is 0 Å². The summed E-state index contributed by atoms with van der Waals surface area (Å²) in [5.74, 6) is -0.955. The third-order valence-corrected chi connectivity index (χ3v) is 2.04. The molecule has 4 heteroatoms. The van der Waals surface area contributed by atoms with Crippen LogP contribution >= 0.6 is 0 Å². The van der Waals surface area contributed by atoms with Gasteiger partial charge in [0.05, 0.1) is 6.61 Å². The zero-order chi connectivity index (χ0) is 10.3. The van der Waals surface area contributed by atoms with Gasteiger partial charge in [-0.3, -0.25) is 0 Å². The van der Waals surface area contributed by atoms with E-state index < -0.39 is 5.97 Å². The van der Waals surface area contributed by atoms with Gasteiger partial charge in [0.2, 0.25) is 0 Å². The van der Waals surface area contributed by atoms with E-state index >= 15 is 0 Å². The van der Waals surface area contributed by atoms with E-state index in [4.69, 9.17) is 10.2 Å². The largest absolute Gasteiger partial charge is 0.478 e. The van der Waals surface area contributed by atoms with Crippen LogP contribution in [0.25, 0.3) is 0 Å². The van der Waals surface area contributed by atoms with Gasteiger partial charge >= 0.3 is 5.97 Å². The van der Waals surface area contributed by atoms with Crippen LogP contribution in [0.15, 0.2) is 12.2 Å². The number of carboxylic acid groups (broad SMARTS) is 1. The zero-order valence-electron chi connectivity index (χ0n) is 8.08. The molecule has 0 rings (SSSR count). The lowest BCUT2D eigenvalue weighted by Crippen LogP contribution is -2.45. The summed E-state index contributed by atoms with van der Waals surface area (Å²) < 4.78 is 0. The summed E-state index contributed by atoms with van der Waals surface area (Å²) in [6.07, 6.45) is 3.40. The highest BCUT2D eigenvalue weighted by Crippen LogP contribution is 2.06. The number of nitrogens with one attached hydrogen (secondary N) is 1. The third-order valence-electron chi connectivity index (χ3n) is 2.04. The van der Waals surface area contributed by atoms with E-state index in [0.717, 1.165) is 12.5 Å². The number of hydrogen-bond acceptors (Lipinski definition) is 3. The molecule has 0 bridgehead atoms. The smallest absolute Gasteiger partial charge is 0.328 e. The average molecular weight is 187 g/mol. The predicted octanol–water partition coefficient (Wildman–Crippen LogP) is 0.378. The highest BCUT2D eigenvalue weighted by atomic mass is 16.4. The molecule has 0 aromatic heterocycles. The second-order valence-corrected chi connectivity index (χ2v) is 3.19. The Labute approximate surface area is 78.3 Å². The van der Waals surface area contributed by atoms with Crippen LogP contribution in [0.5, 0.6) is 0 Å². The topological polar surface area (TPSA) is 69.6 Å². The Kier molecular flexibility index (Phi) is 5.34. The van der Waals surface area contributed by atoms with Gasteiger partial charge in [-0.15, -0.1) is 0 Å². The molecule has 0 aromatic carbocycles. The van der Waals surface area contributed by atoms with Crippen molar-refractivity contribution in [3.05, 3.63) is 12.2 Å². The molecule has 0 aliphatic carbocycles. The first kappa shape index (κ1) is 12.1. The molecular formula is C9H17NO3. The normalized spacial score (nSPS) is 15.9. The minimum Gasteiger partial charge on any atom is -0.478 e. The number of hydrogen-bond donors (Lipinski definition) is 3. The van der Waals surface area contributed by atoms with E-state index in [1.54, 1.807) is 0 Å². The van der Waals surface area contributed by atoms with Crippen molar-refractivity contribution in [1.29, 1.82) is 0 Å². The number of rotatable bonds is 6. The monoisotopic (exact) mass is 187 g/mol. The molecule has 0 saturated carbocycles. The summed E-state index contributed by atoms with van der Waals surface area (Å²) in [5, 5.41) is 20.3. The lowest BCUT2D eigenvalue weighted by Gasteiger charge is -2.26. The molecule has 0 aromatic rings. The Bertz CT molecular complexity index is 185. The van der Waals surface area contributed by atoms with E-state index in [9.17, 15) is 4.79 Å². The Balaban J connectivity index is 3.80. The minimum atomic E-state index is -0.955.